The molecule has 13 rings (SSSR count). The van der Waals surface area contributed by atoms with Gasteiger partial charge in [-0.15, -0.1) is 0 Å². The number of anilines is 3. The van der Waals surface area contributed by atoms with Crippen LogP contribution in [0.3, 0.4) is 0 Å². The summed E-state index contributed by atoms with van der Waals surface area (Å²) in [6.45, 7) is 0. The Morgan fingerprint density at radius 3 is 1.62 bits per heavy atom. The SMILES string of the molecule is c1cccc(N(c2ccccc2-c2ccc3c(c2)Oc2c(ccc4c2-c2ccccc2C42c4ccccc4-c4ccccc42)O3)c2ccccc2-c2ccccc2-c2ccccc2)c#1. The molecular weight excluding hydrogens is 779 g/mol. The van der Waals surface area contributed by atoms with Crippen molar-refractivity contribution in [2.24, 2.45) is 0 Å². The molecule has 64 heavy (non-hydrogen) atoms. The zero-order chi connectivity index (χ0) is 42.2. The molecule has 3 nitrogen and oxygen atoms in total. The standard InChI is InChI=1S/C61H37NO2/c1-3-19-40(20-4-1)43-23-7-8-25-45(43)48-28-13-18-34-55(48)62(42-21-5-2-6-22-42)54-33-17-12-24-44(54)41-35-37-56-58(39-41)64-60-57(63-56)38-36-53-59(60)49-29-11-16-32-52(49)61(53)50-30-14-9-26-46(50)47-27-10-15-31-51(47)61/h1-5,7-21,23-39H. The van der Waals surface area contributed by atoms with Gasteiger partial charge in [-0.2, -0.15) is 0 Å². The number of benzene rings is 9. The number of rotatable bonds is 6. The lowest BCUT2D eigenvalue weighted by atomic mass is 9.70. The Kier molecular flexibility index (Phi) is 8.04. The Morgan fingerprint density at radius 1 is 0.359 bits per heavy atom. The molecule has 0 bridgehead atoms. The normalized spacial score (nSPS) is 12.9. The third-order valence-corrected chi connectivity index (χ3v) is 13.2. The van der Waals surface area contributed by atoms with Gasteiger partial charge in [0.2, 0.25) is 0 Å². The van der Waals surface area contributed by atoms with E-state index in [9.17, 15) is 0 Å². The molecule has 1 aliphatic heterocycles. The number of ether oxygens (including phenoxy) is 2. The van der Waals surface area contributed by atoms with Crippen LogP contribution in [-0.2, 0) is 5.41 Å². The molecule has 2 aliphatic carbocycles. The van der Waals surface area contributed by atoms with Gasteiger partial charge in [0.25, 0.3) is 0 Å². The van der Waals surface area contributed by atoms with Crippen molar-refractivity contribution >= 4 is 17.1 Å². The monoisotopic (exact) mass is 815 g/mol. The molecule has 0 saturated heterocycles. The van der Waals surface area contributed by atoms with Gasteiger partial charge in [0, 0.05) is 16.7 Å². The minimum atomic E-state index is -0.480. The largest absolute Gasteiger partial charge is 0.449 e. The third-order valence-electron chi connectivity index (χ3n) is 13.2. The summed E-state index contributed by atoms with van der Waals surface area (Å²) in [6.07, 6.45) is 0. The van der Waals surface area contributed by atoms with Gasteiger partial charge in [-0.25, -0.2) is 0 Å². The van der Waals surface area contributed by atoms with E-state index < -0.39 is 5.41 Å². The van der Waals surface area contributed by atoms with E-state index in [4.69, 9.17) is 9.47 Å². The summed E-state index contributed by atoms with van der Waals surface area (Å²) in [7, 11) is 0. The van der Waals surface area contributed by atoms with E-state index in [2.05, 4.69) is 223 Å². The zero-order valence-corrected chi connectivity index (χ0v) is 34.6. The maximum Gasteiger partial charge on any atom is 0.178 e. The Balaban J connectivity index is 0.955. The molecule has 0 amide bonds. The number of nitrogens with zero attached hydrogens (tertiary/aromatic N) is 1. The minimum Gasteiger partial charge on any atom is -0.449 e. The molecule has 0 unspecified atom stereocenters. The summed E-state index contributed by atoms with van der Waals surface area (Å²) < 4.78 is 14.0. The molecule has 3 aliphatic rings. The van der Waals surface area contributed by atoms with E-state index >= 15 is 0 Å². The topological polar surface area (TPSA) is 21.7 Å². The molecule has 0 aromatic heterocycles. The Morgan fingerprint density at radius 2 is 0.922 bits per heavy atom. The van der Waals surface area contributed by atoms with Crippen molar-refractivity contribution in [3.8, 4) is 78.6 Å². The van der Waals surface area contributed by atoms with Crippen LogP contribution in [0.5, 0.6) is 23.0 Å². The molecule has 10 aromatic rings. The number of hydrogen-bond donors (Lipinski definition) is 0. The fraction of sp³-hybridized carbons (Fsp3) is 0.0164. The first kappa shape index (κ1) is 36.1. The van der Waals surface area contributed by atoms with Crippen molar-refractivity contribution < 1.29 is 9.47 Å². The molecule has 10 aromatic carbocycles. The molecule has 0 radical (unpaired) electrons. The van der Waals surface area contributed by atoms with Gasteiger partial charge in [0.1, 0.15) is 0 Å². The third kappa shape index (κ3) is 5.24. The molecule has 0 atom stereocenters. The highest BCUT2D eigenvalue weighted by Gasteiger charge is 2.53. The molecule has 0 N–H and O–H groups in total. The van der Waals surface area contributed by atoms with E-state index in [1.807, 2.05) is 18.2 Å². The smallest absolute Gasteiger partial charge is 0.178 e. The summed E-state index contributed by atoms with van der Waals surface area (Å²) in [5, 5.41) is 0. The van der Waals surface area contributed by atoms with Gasteiger partial charge in [-0.1, -0.05) is 188 Å². The maximum atomic E-state index is 7.17. The predicted molar refractivity (Wildman–Crippen MR) is 258 cm³/mol. The first-order chi connectivity index (χ1) is 31.8. The van der Waals surface area contributed by atoms with Crippen LogP contribution >= 0.6 is 0 Å². The van der Waals surface area contributed by atoms with Crippen LogP contribution < -0.4 is 14.4 Å². The van der Waals surface area contributed by atoms with Crippen molar-refractivity contribution in [2.75, 3.05) is 4.90 Å². The molecule has 1 spiro atoms. The van der Waals surface area contributed by atoms with Crippen molar-refractivity contribution in [3.63, 3.8) is 0 Å². The first-order valence-electron chi connectivity index (χ1n) is 21.8. The van der Waals surface area contributed by atoms with Crippen LogP contribution in [0.25, 0.3) is 55.6 Å². The van der Waals surface area contributed by atoms with Gasteiger partial charge in [0.15, 0.2) is 23.0 Å². The summed E-state index contributed by atoms with van der Waals surface area (Å²) in [5.41, 5.74) is 18.9. The quantitative estimate of drug-likeness (QED) is 0.167. The van der Waals surface area contributed by atoms with Gasteiger partial charge in [-0.05, 0) is 110 Å². The van der Waals surface area contributed by atoms with Crippen molar-refractivity contribution in [1.82, 2.24) is 0 Å². The predicted octanol–water partition coefficient (Wildman–Crippen LogP) is 16.0. The van der Waals surface area contributed by atoms with E-state index in [0.29, 0.717) is 17.2 Å². The average Bonchev–Trinajstić information content (AvgIpc) is 3.84. The van der Waals surface area contributed by atoms with Gasteiger partial charge in [0.05, 0.1) is 22.5 Å². The van der Waals surface area contributed by atoms with E-state index in [1.54, 1.807) is 0 Å². The van der Waals surface area contributed by atoms with Crippen molar-refractivity contribution in [2.45, 2.75) is 5.41 Å². The highest BCUT2D eigenvalue weighted by Crippen LogP contribution is 2.66. The summed E-state index contributed by atoms with van der Waals surface area (Å²) >= 11 is 0. The van der Waals surface area contributed by atoms with Gasteiger partial charge in [-0.3, -0.25) is 0 Å². The van der Waals surface area contributed by atoms with Gasteiger partial charge >= 0.3 is 0 Å². The minimum absolute atomic E-state index is 0.480. The Bertz CT molecular complexity index is 3420. The first-order valence-corrected chi connectivity index (χ1v) is 21.8. The Hall–Kier alpha value is -8.58. The van der Waals surface area contributed by atoms with Crippen molar-refractivity contribution in [3.05, 3.63) is 259 Å². The molecule has 298 valence electrons. The molecule has 0 fully saturated rings. The average molecular weight is 816 g/mol. The van der Waals surface area contributed by atoms with E-state index in [1.165, 1.54) is 44.5 Å². The lowest BCUT2D eigenvalue weighted by Gasteiger charge is -2.31. The second-order valence-corrected chi connectivity index (χ2v) is 16.5. The summed E-state index contributed by atoms with van der Waals surface area (Å²) in [4.78, 5) is 2.30. The van der Waals surface area contributed by atoms with Gasteiger partial charge < -0.3 is 14.4 Å². The van der Waals surface area contributed by atoms with Crippen LogP contribution in [0, 0.1) is 12.1 Å². The second-order valence-electron chi connectivity index (χ2n) is 16.5. The summed E-state index contributed by atoms with van der Waals surface area (Å²) in [5.74, 6) is 2.79. The van der Waals surface area contributed by atoms with Crippen molar-refractivity contribution in [1.29, 1.82) is 0 Å². The fourth-order valence-electron chi connectivity index (χ4n) is 10.6. The number of fused-ring (bicyclic) bond motifs is 13. The van der Waals surface area contributed by atoms with Crippen LogP contribution in [0.1, 0.15) is 22.3 Å². The van der Waals surface area contributed by atoms with Crippen LogP contribution in [-0.4, -0.2) is 0 Å². The maximum absolute atomic E-state index is 7.17. The fourth-order valence-corrected chi connectivity index (χ4v) is 10.6. The summed E-state index contributed by atoms with van der Waals surface area (Å²) in [6, 6.07) is 86.3. The molecule has 0 saturated carbocycles. The van der Waals surface area contributed by atoms with Crippen LogP contribution in [0.2, 0.25) is 0 Å². The van der Waals surface area contributed by atoms with Crippen LogP contribution in [0.15, 0.2) is 224 Å². The highest BCUT2D eigenvalue weighted by molar-refractivity contribution is 5.99. The lowest BCUT2D eigenvalue weighted by molar-refractivity contribution is 0.360. The lowest BCUT2D eigenvalue weighted by Crippen LogP contribution is -2.25. The molecular formula is C61H37NO2. The number of para-hydroxylation sites is 2. The Labute approximate surface area is 372 Å². The van der Waals surface area contributed by atoms with E-state index in [0.717, 1.165) is 56.2 Å². The highest BCUT2D eigenvalue weighted by atomic mass is 16.6. The number of hydrogen-bond acceptors (Lipinski definition) is 3. The zero-order valence-electron chi connectivity index (χ0n) is 34.6. The molecule has 3 heteroatoms. The second kappa shape index (κ2) is 14.2. The van der Waals surface area contributed by atoms with Crippen LogP contribution in [0.4, 0.5) is 17.1 Å². The molecule has 1 heterocycles. The van der Waals surface area contributed by atoms with E-state index in [-0.39, 0.29) is 0 Å².